The number of H-pyrrole nitrogens is 2. The molecule has 3 heterocycles. The lowest BCUT2D eigenvalue weighted by Crippen LogP contribution is -2.24. The highest BCUT2D eigenvalue weighted by atomic mass is 32.2. The van der Waals surface area contributed by atoms with Crippen LogP contribution >= 0.6 is 10.5 Å². The highest BCUT2D eigenvalue weighted by Crippen LogP contribution is 2.22. The molecule has 0 saturated heterocycles. The van der Waals surface area contributed by atoms with Crippen LogP contribution in [0.4, 0.5) is 0 Å². The number of nitrogens with one attached hydrogen (secondary N) is 2. The molecular weight excluding hydrogens is 292 g/mol. The zero-order valence-corrected chi connectivity index (χ0v) is 12.0. The third-order valence-electron chi connectivity index (χ3n) is 3.27. The van der Waals surface area contributed by atoms with Gasteiger partial charge in [-0.05, 0) is 36.0 Å². The Morgan fingerprint density at radius 1 is 1.24 bits per heavy atom. The van der Waals surface area contributed by atoms with Crippen molar-refractivity contribution in [2.24, 2.45) is 0 Å². The van der Waals surface area contributed by atoms with Crippen molar-refractivity contribution < 1.29 is 4.42 Å². The maximum atomic E-state index is 11.9. The summed E-state index contributed by atoms with van der Waals surface area (Å²) in [6, 6.07) is 1.33. The molecule has 110 valence electrons. The Balaban J connectivity index is 1.94. The van der Waals surface area contributed by atoms with Gasteiger partial charge < -0.3 is 4.42 Å². The predicted molar refractivity (Wildman–Crippen MR) is 84.3 cm³/mol. The molecule has 3 rings (SSSR count). The van der Waals surface area contributed by atoms with Crippen LogP contribution in [0.25, 0.3) is 11.1 Å². The number of aryl methyl sites for hydroxylation is 1. The van der Waals surface area contributed by atoms with Gasteiger partial charge in [-0.15, -0.1) is 0 Å². The molecule has 0 saturated carbocycles. The molecule has 1 aliphatic heterocycles. The maximum absolute atomic E-state index is 11.9. The molecule has 1 aliphatic rings. The van der Waals surface area contributed by atoms with Gasteiger partial charge in [0.1, 0.15) is 5.39 Å². The summed E-state index contributed by atoms with van der Waals surface area (Å²) in [5.41, 5.74) is -1.21. The SMILES string of the molecule is O=c1[nH]c(=O)c2c(CCCS3=CCC=C3)cc(=O)oc2[nH]1. The summed E-state index contributed by atoms with van der Waals surface area (Å²) in [7, 11) is 0.200. The van der Waals surface area contributed by atoms with Crippen LogP contribution in [-0.2, 0) is 6.42 Å². The Hall–Kier alpha value is -2.15. The van der Waals surface area contributed by atoms with Gasteiger partial charge in [0.2, 0.25) is 5.71 Å². The van der Waals surface area contributed by atoms with E-state index < -0.39 is 16.9 Å². The van der Waals surface area contributed by atoms with Gasteiger partial charge in [0.15, 0.2) is 0 Å². The normalized spacial score (nSPS) is 17.2. The van der Waals surface area contributed by atoms with E-state index in [0.717, 1.165) is 18.6 Å². The summed E-state index contributed by atoms with van der Waals surface area (Å²) < 4.78 is 4.90. The zero-order chi connectivity index (χ0) is 14.8. The van der Waals surface area contributed by atoms with Crippen molar-refractivity contribution in [3.05, 3.63) is 54.4 Å². The Morgan fingerprint density at radius 3 is 2.86 bits per heavy atom. The third-order valence-corrected chi connectivity index (χ3v) is 5.19. The molecule has 1 unspecified atom stereocenters. The van der Waals surface area contributed by atoms with Crippen molar-refractivity contribution in [2.45, 2.75) is 19.3 Å². The lowest BCUT2D eigenvalue weighted by Gasteiger charge is -2.04. The minimum absolute atomic E-state index is 0.0546. The Bertz CT molecular complexity index is 912. The van der Waals surface area contributed by atoms with E-state index in [2.05, 4.69) is 26.8 Å². The molecule has 2 N–H and O–H groups in total. The van der Waals surface area contributed by atoms with Crippen LogP contribution in [0.2, 0.25) is 0 Å². The zero-order valence-electron chi connectivity index (χ0n) is 11.2. The first-order valence-corrected chi connectivity index (χ1v) is 8.13. The van der Waals surface area contributed by atoms with E-state index >= 15 is 0 Å². The van der Waals surface area contributed by atoms with Crippen LogP contribution in [0.5, 0.6) is 0 Å². The van der Waals surface area contributed by atoms with Crippen LogP contribution in [0.1, 0.15) is 18.4 Å². The van der Waals surface area contributed by atoms with Gasteiger partial charge in [-0.25, -0.2) is 9.59 Å². The Kier molecular flexibility index (Phi) is 3.74. The lowest BCUT2D eigenvalue weighted by molar-refractivity contribution is 0.544. The lowest BCUT2D eigenvalue weighted by atomic mass is 10.1. The summed E-state index contributed by atoms with van der Waals surface area (Å²) in [6.45, 7) is 0. The highest BCUT2D eigenvalue weighted by molar-refractivity contribution is 8.17. The molecule has 0 aliphatic carbocycles. The number of hydrogen-bond donors (Lipinski definition) is 2. The maximum Gasteiger partial charge on any atom is 0.337 e. The van der Waals surface area contributed by atoms with Crippen molar-refractivity contribution in [3.63, 3.8) is 0 Å². The van der Waals surface area contributed by atoms with Gasteiger partial charge in [-0.1, -0.05) is 11.4 Å². The fraction of sp³-hybridized carbons (Fsp3) is 0.286. The highest BCUT2D eigenvalue weighted by Gasteiger charge is 2.11. The van der Waals surface area contributed by atoms with E-state index in [0.29, 0.717) is 12.0 Å². The molecule has 0 radical (unpaired) electrons. The number of aromatic amines is 2. The summed E-state index contributed by atoms with van der Waals surface area (Å²) in [5.74, 6) is 0.999. The fourth-order valence-electron chi connectivity index (χ4n) is 2.37. The summed E-state index contributed by atoms with van der Waals surface area (Å²) in [5, 5.41) is 4.72. The number of aromatic nitrogens is 2. The van der Waals surface area contributed by atoms with Gasteiger partial charge in [0, 0.05) is 6.07 Å². The fourth-order valence-corrected chi connectivity index (χ4v) is 3.98. The Morgan fingerprint density at radius 2 is 2.10 bits per heavy atom. The largest absolute Gasteiger partial charge is 0.405 e. The van der Waals surface area contributed by atoms with Crippen LogP contribution < -0.4 is 16.9 Å². The first-order chi connectivity index (χ1) is 10.1. The predicted octanol–water partition coefficient (Wildman–Crippen LogP) is 1.09. The summed E-state index contributed by atoms with van der Waals surface area (Å²) in [4.78, 5) is 39.2. The molecule has 1 atom stereocenters. The molecule has 0 fully saturated rings. The summed E-state index contributed by atoms with van der Waals surface area (Å²) in [6.07, 6.45) is 4.62. The first kappa shape index (κ1) is 13.8. The van der Waals surface area contributed by atoms with E-state index in [-0.39, 0.29) is 21.6 Å². The monoisotopic (exact) mass is 306 g/mol. The average Bonchev–Trinajstić information content (AvgIpc) is 2.90. The average molecular weight is 306 g/mol. The second-order valence-electron chi connectivity index (χ2n) is 4.75. The van der Waals surface area contributed by atoms with E-state index in [1.54, 1.807) is 0 Å². The van der Waals surface area contributed by atoms with Crippen molar-refractivity contribution in [1.82, 2.24) is 9.97 Å². The van der Waals surface area contributed by atoms with E-state index in [1.165, 1.54) is 6.07 Å². The Labute approximate surface area is 121 Å². The van der Waals surface area contributed by atoms with Crippen molar-refractivity contribution in [2.75, 3.05) is 5.75 Å². The minimum atomic E-state index is -0.681. The van der Waals surface area contributed by atoms with Gasteiger partial charge in [-0.2, -0.15) is 10.5 Å². The molecule has 6 nitrogen and oxygen atoms in total. The van der Waals surface area contributed by atoms with E-state index in [1.807, 2.05) is 0 Å². The molecule has 0 aromatic carbocycles. The number of fused-ring (bicyclic) bond motifs is 1. The van der Waals surface area contributed by atoms with Crippen LogP contribution in [-0.4, -0.2) is 21.1 Å². The molecule has 2 aromatic rings. The van der Waals surface area contributed by atoms with Crippen molar-refractivity contribution >= 4 is 27.0 Å². The number of allylic oxidation sites excluding steroid dienone is 1. The second-order valence-corrected chi connectivity index (χ2v) is 6.71. The molecule has 2 aromatic heterocycles. The van der Waals surface area contributed by atoms with Crippen LogP contribution in [0, 0.1) is 0 Å². The third kappa shape index (κ3) is 2.97. The van der Waals surface area contributed by atoms with Gasteiger partial charge in [-0.3, -0.25) is 14.8 Å². The molecular formula is C14H14N2O4S. The second kappa shape index (κ2) is 5.69. The molecule has 0 spiro atoms. The molecule has 7 heteroatoms. The van der Waals surface area contributed by atoms with E-state index in [4.69, 9.17) is 4.42 Å². The minimum Gasteiger partial charge on any atom is -0.405 e. The van der Waals surface area contributed by atoms with Gasteiger partial charge >= 0.3 is 11.3 Å². The van der Waals surface area contributed by atoms with Crippen molar-refractivity contribution in [1.29, 1.82) is 0 Å². The molecule has 21 heavy (non-hydrogen) atoms. The summed E-state index contributed by atoms with van der Waals surface area (Å²) >= 11 is 0. The smallest absolute Gasteiger partial charge is 0.337 e. The standard InChI is InChI=1S/C14H14N2O4S/c17-10-8-9(4-3-7-21-5-1-2-6-21)11-12(18)15-14(19)16-13(11)20-10/h1,5-6,8H,2-4,7H2,(H2,15,16,18,19). The van der Waals surface area contributed by atoms with Crippen LogP contribution in [0.15, 0.2) is 36.4 Å². The van der Waals surface area contributed by atoms with E-state index in [9.17, 15) is 14.4 Å². The quantitative estimate of drug-likeness (QED) is 0.826. The number of rotatable bonds is 4. The van der Waals surface area contributed by atoms with Crippen molar-refractivity contribution in [3.8, 4) is 0 Å². The van der Waals surface area contributed by atoms with Gasteiger partial charge in [0.25, 0.3) is 5.56 Å². The molecule has 0 bridgehead atoms. The first-order valence-electron chi connectivity index (χ1n) is 6.61. The topological polar surface area (TPSA) is 95.9 Å². The van der Waals surface area contributed by atoms with Gasteiger partial charge in [0.05, 0.1) is 0 Å². The number of hydrogen-bond acceptors (Lipinski definition) is 4. The molecule has 0 amide bonds. The van der Waals surface area contributed by atoms with Crippen LogP contribution in [0.3, 0.4) is 0 Å².